The molecule has 1 N–H and O–H groups in total. The summed E-state index contributed by atoms with van der Waals surface area (Å²) in [5.74, 6) is 1.01. The van der Waals surface area contributed by atoms with E-state index in [2.05, 4.69) is 15.1 Å². The summed E-state index contributed by atoms with van der Waals surface area (Å²) in [6, 6.07) is 8.68. The molecule has 0 saturated carbocycles. The first-order valence-corrected chi connectivity index (χ1v) is 9.21. The number of H-pyrrole nitrogens is 1. The lowest BCUT2D eigenvalue weighted by atomic mass is 10.1. The minimum absolute atomic E-state index is 0.154. The second-order valence-electron chi connectivity index (χ2n) is 6.92. The number of carbonyl (C=O) groups excluding carboxylic acids is 1. The van der Waals surface area contributed by atoms with Crippen LogP contribution >= 0.6 is 0 Å². The van der Waals surface area contributed by atoms with Gasteiger partial charge in [-0.25, -0.2) is 9.67 Å². The molecule has 4 heterocycles. The van der Waals surface area contributed by atoms with E-state index in [9.17, 15) is 9.59 Å². The van der Waals surface area contributed by atoms with Gasteiger partial charge in [-0.1, -0.05) is 12.1 Å². The van der Waals surface area contributed by atoms with Gasteiger partial charge >= 0.3 is 0 Å². The Hall–Kier alpha value is -3.16. The van der Waals surface area contributed by atoms with Crippen molar-refractivity contribution in [3.8, 4) is 5.88 Å². The van der Waals surface area contributed by atoms with Crippen LogP contribution in [-0.4, -0.2) is 43.7 Å². The van der Waals surface area contributed by atoms with Crippen LogP contribution in [0.25, 0.3) is 10.9 Å². The van der Waals surface area contributed by atoms with E-state index >= 15 is 0 Å². The van der Waals surface area contributed by atoms with Crippen molar-refractivity contribution >= 4 is 16.8 Å². The van der Waals surface area contributed by atoms with E-state index < -0.39 is 0 Å². The first kappa shape index (κ1) is 16.0. The Bertz CT molecular complexity index is 1060. The number of likely N-dealkylation sites (tertiary alicyclic amines) is 1. The number of aromatic nitrogens is 4. The second kappa shape index (κ2) is 6.22. The lowest BCUT2D eigenvalue weighted by molar-refractivity contribution is 0.0723. The predicted octanol–water partition coefficient (Wildman–Crippen LogP) is 1.88. The maximum Gasteiger partial charge on any atom is 0.275 e. The van der Waals surface area contributed by atoms with Gasteiger partial charge in [-0.15, -0.1) is 0 Å². The summed E-state index contributed by atoms with van der Waals surface area (Å²) in [6.07, 6.45) is 2.50. The van der Waals surface area contributed by atoms with E-state index in [-0.39, 0.29) is 17.5 Å². The standard InChI is InChI=1S/C19H19N5O3/c25-18-12-5-1-2-6-13(12)20-17(21-18)15-7-3-8-23(15)19(26)14-11-16-24(22-14)9-4-10-27-16/h1-2,5-6,11,15H,3-4,7-10H2,(H,20,21,25). The molecule has 1 amide bonds. The normalized spacial score (nSPS) is 19.1. The maximum atomic E-state index is 13.1. The Morgan fingerprint density at radius 1 is 1.22 bits per heavy atom. The van der Waals surface area contributed by atoms with Gasteiger partial charge in [0.25, 0.3) is 11.5 Å². The highest BCUT2D eigenvalue weighted by Gasteiger charge is 2.34. The van der Waals surface area contributed by atoms with Crippen LogP contribution < -0.4 is 10.3 Å². The Kier molecular flexibility index (Phi) is 3.70. The number of ether oxygens (including phenoxy) is 1. The smallest absolute Gasteiger partial charge is 0.275 e. The number of aromatic amines is 1. The third-order valence-corrected chi connectivity index (χ3v) is 5.19. The molecule has 1 atom stereocenters. The van der Waals surface area contributed by atoms with Crippen LogP contribution in [0.3, 0.4) is 0 Å². The van der Waals surface area contributed by atoms with Gasteiger partial charge in [-0.05, 0) is 25.0 Å². The zero-order chi connectivity index (χ0) is 18.4. The van der Waals surface area contributed by atoms with E-state index in [4.69, 9.17) is 4.74 Å². The highest BCUT2D eigenvalue weighted by molar-refractivity contribution is 5.93. The predicted molar refractivity (Wildman–Crippen MR) is 97.7 cm³/mol. The fourth-order valence-corrected chi connectivity index (χ4v) is 3.88. The topological polar surface area (TPSA) is 93.1 Å². The third kappa shape index (κ3) is 2.68. The Morgan fingerprint density at radius 3 is 3.00 bits per heavy atom. The van der Waals surface area contributed by atoms with Crippen molar-refractivity contribution < 1.29 is 9.53 Å². The highest BCUT2D eigenvalue weighted by atomic mass is 16.5. The van der Waals surface area contributed by atoms with Gasteiger partial charge in [0.05, 0.1) is 23.6 Å². The van der Waals surface area contributed by atoms with Crippen molar-refractivity contribution in [2.45, 2.75) is 31.8 Å². The van der Waals surface area contributed by atoms with Gasteiger partial charge in [0.15, 0.2) is 5.69 Å². The molecule has 2 aliphatic rings. The summed E-state index contributed by atoms with van der Waals surface area (Å²) < 4.78 is 7.30. The number of amides is 1. The zero-order valence-corrected chi connectivity index (χ0v) is 14.7. The van der Waals surface area contributed by atoms with Crippen LogP contribution in [0, 0.1) is 0 Å². The minimum Gasteiger partial charge on any atom is -0.478 e. The number of hydrogen-bond donors (Lipinski definition) is 1. The summed E-state index contributed by atoms with van der Waals surface area (Å²) in [5.41, 5.74) is 0.837. The molecule has 0 radical (unpaired) electrons. The van der Waals surface area contributed by atoms with E-state index in [0.29, 0.717) is 41.5 Å². The van der Waals surface area contributed by atoms with Crippen molar-refractivity contribution in [1.29, 1.82) is 0 Å². The Morgan fingerprint density at radius 2 is 2.11 bits per heavy atom. The first-order valence-electron chi connectivity index (χ1n) is 9.21. The fraction of sp³-hybridized carbons (Fsp3) is 0.368. The summed E-state index contributed by atoms with van der Waals surface area (Å²) in [4.78, 5) is 34.7. The van der Waals surface area contributed by atoms with Crippen LogP contribution in [0.4, 0.5) is 0 Å². The number of aryl methyl sites for hydroxylation is 1. The molecule has 8 heteroatoms. The van der Waals surface area contributed by atoms with Gasteiger partial charge in [0, 0.05) is 25.6 Å². The minimum atomic E-state index is -0.255. The molecular weight excluding hydrogens is 346 g/mol. The molecule has 2 aromatic heterocycles. The molecule has 8 nitrogen and oxygen atoms in total. The van der Waals surface area contributed by atoms with Crippen LogP contribution in [0.1, 0.15) is 41.6 Å². The summed E-state index contributed by atoms with van der Waals surface area (Å²) in [7, 11) is 0. The van der Waals surface area contributed by atoms with Crippen LogP contribution in [0.15, 0.2) is 35.1 Å². The molecule has 1 saturated heterocycles. The summed E-state index contributed by atoms with van der Waals surface area (Å²) in [6.45, 7) is 2.02. The number of benzene rings is 1. The van der Waals surface area contributed by atoms with E-state index in [1.807, 2.05) is 18.2 Å². The van der Waals surface area contributed by atoms with Crippen LogP contribution in [0.2, 0.25) is 0 Å². The lowest BCUT2D eigenvalue weighted by Gasteiger charge is -2.23. The molecule has 27 heavy (non-hydrogen) atoms. The molecular formula is C19H19N5O3. The van der Waals surface area contributed by atoms with E-state index in [0.717, 1.165) is 25.8 Å². The van der Waals surface area contributed by atoms with Crippen molar-refractivity contribution in [2.75, 3.05) is 13.2 Å². The highest BCUT2D eigenvalue weighted by Crippen LogP contribution is 2.32. The van der Waals surface area contributed by atoms with Crippen molar-refractivity contribution in [1.82, 2.24) is 24.6 Å². The average Bonchev–Trinajstić information content (AvgIpc) is 3.34. The molecule has 0 spiro atoms. The number of fused-ring (bicyclic) bond motifs is 2. The molecule has 2 aliphatic heterocycles. The van der Waals surface area contributed by atoms with Crippen LogP contribution in [-0.2, 0) is 6.54 Å². The number of nitrogens with zero attached hydrogens (tertiary/aromatic N) is 4. The zero-order valence-electron chi connectivity index (χ0n) is 14.7. The monoisotopic (exact) mass is 365 g/mol. The van der Waals surface area contributed by atoms with E-state index in [1.54, 1.807) is 21.7 Å². The molecule has 1 fully saturated rings. The van der Waals surface area contributed by atoms with Gasteiger partial charge in [0.1, 0.15) is 5.82 Å². The van der Waals surface area contributed by atoms with Crippen molar-refractivity contribution in [2.24, 2.45) is 0 Å². The third-order valence-electron chi connectivity index (χ3n) is 5.19. The number of nitrogens with one attached hydrogen (secondary N) is 1. The largest absolute Gasteiger partial charge is 0.478 e. The quantitative estimate of drug-likeness (QED) is 0.748. The lowest BCUT2D eigenvalue weighted by Crippen LogP contribution is -2.32. The van der Waals surface area contributed by atoms with Crippen molar-refractivity contribution in [3.05, 3.63) is 52.2 Å². The number of hydrogen-bond acceptors (Lipinski definition) is 5. The second-order valence-corrected chi connectivity index (χ2v) is 6.92. The van der Waals surface area contributed by atoms with Crippen molar-refractivity contribution in [3.63, 3.8) is 0 Å². The Labute approximate surface area is 154 Å². The number of para-hydroxylation sites is 1. The molecule has 138 valence electrons. The molecule has 3 aromatic rings. The van der Waals surface area contributed by atoms with Gasteiger partial charge in [0.2, 0.25) is 5.88 Å². The van der Waals surface area contributed by atoms with Gasteiger partial charge in [-0.3, -0.25) is 9.59 Å². The average molecular weight is 365 g/mol. The Balaban J connectivity index is 1.49. The molecule has 0 aliphatic carbocycles. The fourth-order valence-electron chi connectivity index (χ4n) is 3.88. The maximum absolute atomic E-state index is 13.1. The molecule has 5 rings (SSSR count). The SMILES string of the molecule is O=C(c1cc2n(n1)CCCO2)N1CCCC1c1nc2ccccc2c(=O)[nH]1. The number of rotatable bonds is 2. The molecule has 1 aromatic carbocycles. The van der Waals surface area contributed by atoms with Crippen LogP contribution in [0.5, 0.6) is 5.88 Å². The molecule has 1 unspecified atom stereocenters. The molecule has 0 bridgehead atoms. The number of carbonyl (C=O) groups is 1. The van der Waals surface area contributed by atoms with Gasteiger partial charge in [-0.2, -0.15) is 5.10 Å². The van der Waals surface area contributed by atoms with Gasteiger partial charge < -0.3 is 14.6 Å². The first-order chi connectivity index (χ1) is 13.2. The van der Waals surface area contributed by atoms with E-state index in [1.165, 1.54) is 0 Å². The summed E-state index contributed by atoms with van der Waals surface area (Å²) >= 11 is 0. The summed E-state index contributed by atoms with van der Waals surface area (Å²) in [5, 5.41) is 4.95.